The fourth-order valence-corrected chi connectivity index (χ4v) is 2.92. The maximum atomic E-state index is 11.8. The lowest BCUT2D eigenvalue weighted by molar-refractivity contribution is -0.153. The second-order valence-corrected chi connectivity index (χ2v) is 5.77. The van der Waals surface area contributed by atoms with Crippen molar-refractivity contribution in [1.29, 1.82) is 0 Å². The van der Waals surface area contributed by atoms with Crippen LogP contribution < -0.4 is 0 Å². The van der Waals surface area contributed by atoms with E-state index in [-0.39, 0.29) is 13.0 Å². The Labute approximate surface area is 125 Å². The van der Waals surface area contributed by atoms with Crippen molar-refractivity contribution in [2.75, 3.05) is 0 Å². The molecule has 0 aliphatic heterocycles. The first kappa shape index (κ1) is 15.5. The van der Waals surface area contributed by atoms with Gasteiger partial charge in [0.25, 0.3) is 0 Å². The van der Waals surface area contributed by atoms with Gasteiger partial charge in [-0.1, -0.05) is 56.0 Å². The standard InChI is InChI=1S/C17H22O4/c18-16(21-12-14-8-2-1-3-9-14)11-15(17(19)20)10-13-6-4-5-7-13/h1-3,8-9,13,15H,4-7,10-12H2,(H,19,20)/t15-/m1/s1. The van der Waals surface area contributed by atoms with E-state index >= 15 is 0 Å². The molecule has 0 bridgehead atoms. The van der Waals surface area contributed by atoms with E-state index in [1.54, 1.807) is 0 Å². The Bertz CT molecular complexity index is 463. The number of carboxylic acid groups (broad SMARTS) is 1. The molecule has 0 unspecified atom stereocenters. The summed E-state index contributed by atoms with van der Waals surface area (Å²) in [6.45, 7) is 0.204. The molecule has 114 valence electrons. The Kier molecular flexibility index (Phi) is 5.78. The van der Waals surface area contributed by atoms with Gasteiger partial charge in [0, 0.05) is 0 Å². The average Bonchev–Trinajstić information content (AvgIpc) is 2.98. The number of benzene rings is 1. The van der Waals surface area contributed by atoms with E-state index in [2.05, 4.69) is 0 Å². The number of rotatable bonds is 7. The van der Waals surface area contributed by atoms with Gasteiger partial charge in [-0.2, -0.15) is 0 Å². The van der Waals surface area contributed by atoms with Gasteiger partial charge in [-0.25, -0.2) is 0 Å². The predicted octanol–water partition coefficient (Wildman–Crippen LogP) is 3.40. The molecule has 1 aliphatic rings. The van der Waals surface area contributed by atoms with E-state index in [9.17, 15) is 14.7 Å². The average molecular weight is 290 g/mol. The van der Waals surface area contributed by atoms with Crippen LogP contribution in [-0.4, -0.2) is 17.0 Å². The topological polar surface area (TPSA) is 63.6 Å². The summed E-state index contributed by atoms with van der Waals surface area (Å²) < 4.78 is 5.17. The minimum atomic E-state index is -0.890. The van der Waals surface area contributed by atoms with Crippen LogP contribution in [0.4, 0.5) is 0 Å². The SMILES string of the molecule is O=C(C[C@@H](CC1CCCC1)C(=O)O)OCc1ccccc1. The molecule has 4 heteroatoms. The maximum Gasteiger partial charge on any atom is 0.307 e. The fraction of sp³-hybridized carbons (Fsp3) is 0.529. The van der Waals surface area contributed by atoms with E-state index in [4.69, 9.17) is 4.74 Å². The van der Waals surface area contributed by atoms with Crippen LogP contribution in [0.1, 0.15) is 44.1 Å². The van der Waals surface area contributed by atoms with Crippen molar-refractivity contribution in [3.05, 3.63) is 35.9 Å². The van der Waals surface area contributed by atoms with E-state index in [1.807, 2.05) is 30.3 Å². The molecule has 2 rings (SSSR count). The van der Waals surface area contributed by atoms with Gasteiger partial charge in [-0.3, -0.25) is 9.59 Å². The minimum Gasteiger partial charge on any atom is -0.481 e. The summed E-state index contributed by atoms with van der Waals surface area (Å²) in [5.74, 6) is -1.48. The molecule has 0 spiro atoms. The quantitative estimate of drug-likeness (QED) is 0.782. The summed E-state index contributed by atoms with van der Waals surface area (Å²) in [4.78, 5) is 23.1. The highest BCUT2D eigenvalue weighted by Crippen LogP contribution is 2.31. The second-order valence-electron chi connectivity index (χ2n) is 5.77. The van der Waals surface area contributed by atoms with Crippen molar-refractivity contribution in [2.45, 2.75) is 45.1 Å². The fourth-order valence-electron chi connectivity index (χ4n) is 2.92. The van der Waals surface area contributed by atoms with E-state index in [0.717, 1.165) is 18.4 Å². The smallest absolute Gasteiger partial charge is 0.307 e. The summed E-state index contributed by atoms with van der Waals surface area (Å²) in [5.41, 5.74) is 0.911. The number of aliphatic carboxylic acids is 1. The molecule has 1 atom stereocenters. The lowest BCUT2D eigenvalue weighted by atomic mass is 9.91. The lowest BCUT2D eigenvalue weighted by Crippen LogP contribution is -2.21. The van der Waals surface area contributed by atoms with Gasteiger partial charge in [-0.05, 0) is 17.9 Å². The van der Waals surface area contributed by atoms with Gasteiger partial charge in [0.2, 0.25) is 0 Å². The molecule has 1 fully saturated rings. The van der Waals surface area contributed by atoms with Crippen LogP contribution in [0, 0.1) is 11.8 Å². The third kappa shape index (κ3) is 5.21. The van der Waals surface area contributed by atoms with Crippen molar-refractivity contribution in [3.8, 4) is 0 Å². The van der Waals surface area contributed by atoms with E-state index in [0.29, 0.717) is 12.3 Å². The van der Waals surface area contributed by atoms with Crippen LogP contribution in [0.25, 0.3) is 0 Å². The molecule has 1 saturated carbocycles. The van der Waals surface area contributed by atoms with Crippen LogP contribution >= 0.6 is 0 Å². The molecule has 4 nitrogen and oxygen atoms in total. The highest BCUT2D eigenvalue weighted by atomic mass is 16.5. The maximum absolute atomic E-state index is 11.8. The molecule has 1 N–H and O–H groups in total. The highest BCUT2D eigenvalue weighted by molar-refractivity contribution is 5.78. The Morgan fingerprint density at radius 3 is 2.48 bits per heavy atom. The van der Waals surface area contributed by atoms with Crippen LogP contribution in [0.5, 0.6) is 0 Å². The third-order valence-corrected chi connectivity index (χ3v) is 4.10. The Balaban J connectivity index is 1.79. The van der Waals surface area contributed by atoms with Gasteiger partial charge in [0.15, 0.2) is 0 Å². The monoisotopic (exact) mass is 290 g/mol. The Morgan fingerprint density at radius 2 is 1.86 bits per heavy atom. The molecule has 0 amide bonds. The minimum absolute atomic E-state index is 0.0291. The van der Waals surface area contributed by atoms with Crippen LogP contribution in [0.2, 0.25) is 0 Å². The van der Waals surface area contributed by atoms with Crippen molar-refractivity contribution >= 4 is 11.9 Å². The number of carboxylic acids is 1. The Morgan fingerprint density at radius 1 is 1.19 bits per heavy atom. The second kappa shape index (κ2) is 7.81. The van der Waals surface area contributed by atoms with Crippen LogP contribution in [-0.2, 0) is 20.9 Å². The molecule has 0 saturated heterocycles. The summed E-state index contributed by atoms with van der Waals surface area (Å²) in [6, 6.07) is 9.40. The first-order chi connectivity index (χ1) is 10.1. The predicted molar refractivity (Wildman–Crippen MR) is 78.6 cm³/mol. The van der Waals surface area contributed by atoms with Crippen molar-refractivity contribution < 1.29 is 19.4 Å². The van der Waals surface area contributed by atoms with Gasteiger partial charge in [0.05, 0.1) is 12.3 Å². The van der Waals surface area contributed by atoms with Crippen molar-refractivity contribution in [3.63, 3.8) is 0 Å². The number of carbonyl (C=O) groups excluding carboxylic acids is 1. The van der Waals surface area contributed by atoms with Crippen molar-refractivity contribution in [1.82, 2.24) is 0 Å². The summed E-state index contributed by atoms with van der Waals surface area (Å²) >= 11 is 0. The zero-order chi connectivity index (χ0) is 15.1. The van der Waals surface area contributed by atoms with Gasteiger partial charge in [0.1, 0.15) is 6.61 Å². The Hall–Kier alpha value is -1.84. The molecule has 21 heavy (non-hydrogen) atoms. The zero-order valence-electron chi connectivity index (χ0n) is 12.2. The summed E-state index contributed by atoms with van der Waals surface area (Å²) in [5, 5.41) is 9.26. The number of esters is 1. The molecular formula is C17H22O4. The molecule has 0 heterocycles. The third-order valence-electron chi connectivity index (χ3n) is 4.10. The molecule has 0 aromatic heterocycles. The van der Waals surface area contributed by atoms with Crippen LogP contribution in [0.3, 0.4) is 0 Å². The highest BCUT2D eigenvalue weighted by Gasteiger charge is 2.27. The summed E-state index contributed by atoms with van der Waals surface area (Å²) in [6.07, 6.45) is 5.09. The van der Waals surface area contributed by atoms with Gasteiger partial charge < -0.3 is 9.84 Å². The first-order valence-electron chi connectivity index (χ1n) is 7.57. The molecule has 0 radical (unpaired) electrons. The summed E-state index contributed by atoms with van der Waals surface area (Å²) in [7, 11) is 0. The first-order valence-corrected chi connectivity index (χ1v) is 7.57. The number of ether oxygens (including phenoxy) is 1. The largest absolute Gasteiger partial charge is 0.481 e. The molecular weight excluding hydrogens is 268 g/mol. The molecule has 1 aliphatic carbocycles. The molecule has 1 aromatic rings. The molecule has 1 aromatic carbocycles. The number of carbonyl (C=O) groups is 2. The van der Waals surface area contributed by atoms with Gasteiger partial charge in [-0.15, -0.1) is 0 Å². The van der Waals surface area contributed by atoms with Crippen LogP contribution in [0.15, 0.2) is 30.3 Å². The normalized spacial score (nSPS) is 16.6. The van der Waals surface area contributed by atoms with Gasteiger partial charge >= 0.3 is 11.9 Å². The lowest BCUT2D eigenvalue weighted by Gasteiger charge is -2.16. The number of hydrogen-bond donors (Lipinski definition) is 1. The van der Waals surface area contributed by atoms with E-state index < -0.39 is 17.9 Å². The van der Waals surface area contributed by atoms with E-state index in [1.165, 1.54) is 12.8 Å². The number of hydrogen-bond acceptors (Lipinski definition) is 3. The van der Waals surface area contributed by atoms with Crippen molar-refractivity contribution in [2.24, 2.45) is 11.8 Å². The zero-order valence-corrected chi connectivity index (χ0v) is 12.2.